The van der Waals surface area contributed by atoms with Crippen molar-refractivity contribution in [2.75, 3.05) is 18.5 Å². The zero-order valence-electron chi connectivity index (χ0n) is 13.5. The summed E-state index contributed by atoms with van der Waals surface area (Å²) in [5.74, 6) is 0.497. The van der Waals surface area contributed by atoms with Crippen molar-refractivity contribution in [3.05, 3.63) is 15.8 Å². The predicted molar refractivity (Wildman–Crippen MR) is 82.8 cm³/mol. The van der Waals surface area contributed by atoms with E-state index < -0.39 is 0 Å². The van der Waals surface area contributed by atoms with Crippen LogP contribution >= 0.6 is 0 Å². The number of aromatic nitrogens is 2. The van der Waals surface area contributed by atoms with Crippen LogP contribution in [0.15, 0.2) is 0 Å². The molecule has 0 aliphatic heterocycles. The number of nitrogens with one attached hydrogen (secondary N) is 1. The van der Waals surface area contributed by atoms with E-state index in [-0.39, 0.29) is 22.8 Å². The Morgan fingerprint density at radius 2 is 2.00 bits per heavy atom. The fourth-order valence-electron chi connectivity index (χ4n) is 2.05. The standard InChI is InChI=1S/C14H26N4O3/c1-10(2)17-14(13(18(19)20)12(5)16-17)15-8-6-7-9-21-11(3)4/h10-11,15H,6-9H2,1-5H3. The molecule has 0 spiro atoms. The number of rotatable bonds is 9. The summed E-state index contributed by atoms with van der Waals surface area (Å²) in [6.45, 7) is 11.0. The van der Waals surface area contributed by atoms with Crippen molar-refractivity contribution in [2.24, 2.45) is 0 Å². The lowest BCUT2D eigenvalue weighted by molar-refractivity contribution is -0.384. The first kappa shape index (κ1) is 17.4. The van der Waals surface area contributed by atoms with Crippen molar-refractivity contribution in [3.63, 3.8) is 0 Å². The molecule has 7 nitrogen and oxygen atoms in total. The molecular formula is C14H26N4O3. The van der Waals surface area contributed by atoms with Crippen LogP contribution < -0.4 is 5.32 Å². The average molecular weight is 298 g/mol. The fourth-order valence-corrected chi connectivity index (χ4v) is 2.05. The minimum absolute atomic E-state index is 0.0714. The van der Waals surface area contributed by atoms with E-state index in [1.54, 1.807) is 11.6 Å². The van der Waals surface area contributed by atoms with E-state index in [0.29, 0.717) is 24.7 Å². The Hall–Kier alpha value is -1.63. The van der Waals surface area contributed by atoms with Crippen molar-refractivity contribution in [1.29, 1.82) is 0 Å². The minimum atomic E-state index is -0.370. The Morgan fingerprint density at radius 3 is 2.52 bits per heavy atom. The van der Waals surface area contributed by atoms with Gasteiger partial charge in [0.15, 0.2) is 0 Å². The lowest BCUT2D eigenvalue weighted by atomic mass is 10.3. The summed E-state index contributed by atoms with van der Waals surface area (Å²) < 4.78 is 7.15. The van der Waals surface area contributed by atoms with Gasteiger partial charge in [-0.2, -0.15) is 5.10 Å². The average Bonchev–Trinajstić information content (AvgIpc) is 2.70. The quantitative estimate of drug-likeness (QED) is 0.429. The smallest absolute Gasteiger partial charge is 0.333 e. The highest BCUT2D eigenvalue weighted by Crippen LogP contribution is 2.30. The second-order valence-electron chi connectivity index (χ2n) is 5.63. The molecule has 0 fully saturated rings. The molecule has 0 atom stereocenters. The number of anilines is 1. The molecule has 0 amide bonds. The highest BCUT2D eigenvalue weighted by atomic mass is 16.6. The molecule has 1 heterocycles. The van der Waals surface area contributed by atoms with Crippen LogP contribution in [0.3, 0.4) is 0 Å². The Bertz CT molecular complexity index is 469. The number of hydrogen-bond acceptors (Lipinski definition) is 5. The molecule has 0 saturated carbocycles. The van der Waals surface area contributed by atoms with Crippen LogP contribution in [0.1, 0.15) is 52.3 Å². The SMILES string of the molecule is Cc1nn(C(C)C)c(NCCCCOC(C)C)c1[N+](=O)[O-]. The molecule has 0 aliphatic carbocycles. The fraction of sp³-hybridized carbons (Fsp3) is 0.786. The highest BCUT2D eigenvalue weighted by molar-refractivity contribution is 5.59. The molecule has 1 N–H and O–H groups in total. The van der Waals surface area contributed by atoms with Crippen molar-refractivity contribution in [1.82, 2.24) is 9.78 Å². The topological polar surface area (TPSA) is 82.2 Å². The van der Waals surface area contributed by atoms with E-state index in [1.165, 1.54) is 0 Å². The van der Waals surface area contributed by atoms with Crippen LogP contribution in [-0.2, 0) is 4.74 Å². The van der Waals surface area contributed by atoms with E-state index in [0.717, 1.165) is 12.8 Å². The van der Waals surface area contributed by atoms with Gasteiger partial charge in [0, 0.05) is 19.2 Å². The number of nitro groups is 1. The zero-order valence-corrected chi connectivity index (χ0v) is 13.5. The van der Waals surface area contributed by atoms with E-state index >= 15 is 0 Å². The van der Waals surface area contributed by atoms with Gasteiger partial charge in [-0.15, -0.1) is 0 Å². The number of hydrogen-bond donors (Lipinski definition) is 1. The molecule has 7 heteroatoms. The second kappa shape index (κ2) is 7.97. The number of ether oxygens (including phenoxy) is 1. The highest BCUT2D eigenvalue weighted by Gasteiger charge is 2.25. The molecular weight excluding hydrogens is 272 g/mol. The molecule has 0 bridgehead atoms. The molecule has 1 rings (SSSR count). The number of unbranched alkanes of at least 4 members (excludes halogenated alkanes) is 1. The van der Waals surface area contributed by atoms with Crippen LogP contribution in [0.25, 0.3) is 0 Å². The lowest BCUT2D eigenvalue weighted by Crippen LogP contribution is -2.13. The van der Waals surface area contributed by atoms with Crippen LogP contribution in [0.4, 0.5) is 11.5 Å². The van der Waals surface area contributed by atoms with E-state index in [2.05, 4.69) is 10.4 Å². The number of nitrogens with zero attached hydrogens (tertiary/aromatic N) is 3. The Kier molecular flexibility index (Phi) is 6.61. The van der Waals surface area contributed by atoms with E-state index in [1.807, 2.05) is 27.7 Å². The summed E-state index contributed by atoms with van der Waals surface area (Å²) in [5, 5.41) is 18.6. The van der Waals surface area contributed by atoms with E-state index in [4.69, 9.17) is 4.74 Å². The Balaban J connectivity index is 2.62. The summed E-state index contributed by atoms with van der Waals surface area (Å²) >= 11 is 0. The molecule has 120 valence electrons. The van der Waals surface area contributed by atoms with Gasteiger partial charge < -0.3 is 10.1 Å². The summed E-state index contributed by atoms with van der Waals surface area (Å²) in [5.41, 5.74) is 0.515. The molecule has 0 radical (unpaired) electrons. The van der Waals surface area contributed by atoms with Crippen molar-refractivity contribution < 1.29 is 9.66 Å². The Labute approximate surface area is 125 Å². The van der Waals surface area contributed by atoms with Crippen molar-refractivity contribution >= 4 is 11.5 Å². The van der Waals surface area contributed by atoms with Crippen LogP contribution in [0, 0.1) is 17.0 Å². The third kappa shape index (κ3) is 5.00. The molecule has 0 saturated heterocycles. The van der Waals surface area contributed by atoms with Crippen LogP contribution in [-0.4, -0.2) is 34.0 Å². The van der Waals surface area contributed by atoms with Gasteiger partial charge in [0.1, 0.15) is 5.69 Å². The third-order valence-corrected chi connectivity index (χ3v) is 3.04. The molecule has 1 aromatic heterocycles. The molecule has 0 aliphatic rings. The molecule has 21 heavy (non-hydrogen) atoms. The van der Waals surface area contributed by atoms with Crippen molar-refractivity contribution in [3.8, 4) is 0 Å². The van der Waals surface area contributed by atoms with Gasteiger partial charge in [0.25, 0.3) is 0 Å². The summed E-state index contributed by atoms with van der Waals surface area (Å²) in [7, 11) is 0. The second-order valence-corrected chi connectivity index (χ2v) is 5.63. The van der Waals surface area contributed by atoms with Crippen molar-refractivity contribution in [2.45, 2.75) is 59.6 Å². The van der Waals surface area contributed by atoms with Gasteiger partial charge in [-0.05, 0) is 47.5 Å². The van der Waals surface area contributed by atoms with Crippen LogP contribution in [0.5, 0.6) is 0 Å². The van der Waals surface area contributed by atoms with Gasteiger partial charge in [0.2, 0.25) is 5.82 Å². The lowest BCUT2D eigenvalue weighted by Gasteiger charge is -2.12. The zero-order chi connectivity index (χ0) is 16.0. The first-order chi connectivity index (χ1) is 9.84. The summed E-state index contributed by atoms with van der Waals surface area (Å²) in [4.78, 5) is 10.8. The largest absolute Gasteiger partial charge is 0.379 e. The van der Waals surface area contributed by atoms with Gasteiger partial charge in [-0.1, -0.05) is 0 Å². The summed E-state index contributed by atoms with van der Waals surface area (Å²) in [6.07, 6.45) is 2.06. The van der Waals surface area contributed by atoms with Crippen LogP contribution in [0.2, 0.25) is 0 Å². The normalized spacial score (nSPS) is 11.4. The monoisotopic (exact) mass is 298 g/mol. The third-order valence-electron chi connectivity index (χ3n) is 3.04. The van der Waals surface area contributed by atoms with E-state index in [9.17, 15) is 10.1 Å². The summed E-state index contributed by atoms with van der Waals surface area (Å²) in [6, 6.07) is 0.0733. The minimum Gasteiger partial charge on any atom is -0.379 e. The first-order valence-corrected chi connectivity index (χ1v) is 7.43. The molecule has 0 aromatic carbocycles. The first-order valence-electron chi connectivity index (χ1n) is 7.43. The van der Waals surface area contributed by atoms with Gasteiger partial charge >= 0.3 is 5.69 Å². The molecule has 0 unspecified atom stereocenters. The predicted octanol–water partition coefficient (Wildman–Crippen LogP) is 3.30. The molecule has 1 aromatic rings. The maximum Gasteiger partial charge on any atom is 0.333 e. The van der Waals surface area contributed by atoms with Gasteiger partial charge in [-0.25, -0.2) is 4.68 Å². The maximum absolute atomic E-state index is 11.2. The van der Waals surface area contributed by atoms with Gasteiger partial charge in [0.05, 0.1) is 11.0 Å². The Morgan fingerprint density at radius 1 is 1.33 bits per heavy atom. The maximum atomic E-state index is 11.2. The number of aryl methyl sites for hydroxylation is 1. The van der Waals surface area contributed by atoms with Gasteiger partial charge in [-0.3, -0.25) is 10.1 Å².